The van der Waals surface area contributed by atoms with Gasteiger partial charge in [-0.25, -0.2) is 0 Å². The lowest BCUT2D eigenvalue weighted by Gasteiger charge is -2.31. The third kappa shape index (κ3) is 34.5. The molecule has 0 saturated carbocycles. The number of allylic oxidation sites excluding steroid dienone is 4. The quantitative estimate of drug-likeness (QED) is 0.0250. The molecule has 0 radical (unpaired) electrons. The van der Waals surface area contributed by atoms with Crippen molar-refractivity contribution in [2.24, 2.45) is 0 Å². The number of quaternary nitrogens is 1. The summed E-state index contributed by atoms with van der Waals surface area (Å²) in [6.07, 6.45) is 33.5. The van der Waals surface area contributed by atoms with Crippen molar-refractivity contribution in [3.8, 4) is 0 Å². The number of nitrogens with one attached hydrogen (secondary N) is 1. The van der Waals surface area contributed by atoms with Crippen molar-refractivity contribution < 1.29 is 38.0 Å². The van der Waals surface area contributed by atoms with Crippen LogP contribution in [0.4, 0.5) is 0 Å². The topological polar surface area (TPSA) is 128 Å². The third-order valence-corrected chi connectivity index (χ3v) is 10.2. The minimum absolute atomic E-state index is 0.0434. The van der Waals surface area contributed by atoms with Gasteiger partial charge in [0, 0.05) is 6.42 Å². The molecule has 0 aromatic heterocycles. The number of unbranched alkanes of at least 4 members (excludes halogenated alkanes) is 19. The molecule has 0 aromatic carbocycles. The van der Waals surface area contributed by atoms with E-state index in [1.807, 2.05) is 21.1 Å². The van der Waals surface area contributed by atoms with Crippen LogP contribution in [-0.2, 0) is 18.4 Å². The van der Waals surface area contributed by atoms with Gasteiger partial charge in [-0.1, -0.05) is 147 Å². The highest BCUT2D eigenvalue weighted by atomic mass is 31.2. The summed E-state index contributed by atoms with van der Waals surface area (Å²) in [6, 6.07) is -1.08. The van der Waals surface area contributed by atoms with Crippen molar-refractivity contribution in [3.05, 3.63) is 24.3 Å². The molecule has 0 aliphatic carbocycles. The second-order valence-electron chi connectivity index (χ2n) is 15.5. The summed E-state index contributed by atoms with van der Waals surface area (Å²) in [6.45, 7) is 4.38. The van der Waals surface area contributed by atoms with Gasteiger partial charge in [-0.15, -0.1) is 0 Å². The molecule has 0 fully saturated rings. The summed E-state index contributed by atoms with van der Waals surface area (Å²) in [5, 5.41) is 24.5. The molecule has 10 heteroatoms. The highest BCUT2D eigenvalue weighted by Crippen LogP contribution is 2.38. The van der Waals surface area contributed by atoms with Gasteiger partial charge in [0.15, 0.2) is 0 Å². The minimum Gasteiger partial charge on any atom is -0.756 e. The summed E-state index contributed by atoms with van der Waals surface area (Å²) in [5.41, 5.74) is 0. The molecule has 0 rings (SSSR count). The number of amides is 1. The van der Waals surface area contributed by atoms with Crippen LogP contribution in [0.2, 0.25) is 0 Å². The average Bonchev–Trinajstić information content (AvgIpc) is 3.07. The summed E-state index contributed by atoms with van der Waals surface area (Å²) >= 11 is 0. The zero-order valence-corrected chi connectivity index (χ0v) is 34.6. The van der Waals surface area contributed by atoms with Crippen LogP contribution in [0.15, 0.2) is 24.3 Å². The Kier molecular flexibility index (Phi) is 32.8. The van der Waals surface area contributed by atoms with Crippen LogP contribution in [0.3, 0.4) is 0 Å². The fourth-order valence-electron chi connectivity index (χ4n) is 5.87. The standard InChI is InChI=1S/C41H81N2O7P/c1-6-8-10-12-14-16-18-20-21-22-24-26-28-30-32-34-40(45)42-38(37-50-51(47,48)49-36-35-43(3,4)5)41(46)39(44)33-31-29-27-25-23-19-17-15-13-11-9-7-2/h14,16,20-21,38-39,41,44,46H,6-13,15,17-19,22-37H2,1-5H3,(H-,42,45,47,48)/b16-14-,21-20-. The second-order valence-corrected chi connectivity index (χ2v) is 16.9. The molecule has 0 bridgehead atoms. The molecule has 4 atom stereocenters. The zero-order chi connectivity index (χ0) is 38.1. The number of rotatable bonds is 37. The van der Waals surface area contributed by atoms with E-state index < -0.39 is 32.7 Å². The number of carbonyl (C=O) groups excluding carboxylic acids is 1. The largest absolute Gasteiger partial charge is 0.756 e. The Morgan fingerprint density at radius 3 is 1.73 bits per heavy atom. The number of likely N-dealkylation sites (N-methyl/N-ethyl adjacent to an activating group) is 1. The molecule has 0 aliphatic rings. The number of aliphatic hydroxyl groups excluding tert-OH is 2. The van der Waals surface area contributed by atoms with Crippen LogP contribution >= 0.6 is 7.82 Å². The van der Waals surface area contributed by atoms with Crippen LogP contribution in [0, 0.1) is 0 Å². The molecule has 4 unspecified atom stereocenters. The number of nitrogens with zero attached hydrogens (tertiary/aromatic N) is 1. The lowest BCUT2D eigenvalue weighted by Crippen LogP contribution is -2.51. The SMILES string of the molecule is CCCCC/C=C\C/C=C\CCCCCCCC(=O)NC(COP(=O)([O-])OCC[N+](C)(C)C)C(O)C(O)CCCCCCCCCCCCCC. The van der Waals surface area contributed by atoms with Crippen molar-refractivity contribution >= 4 is 13.7 Å². The van der Waals surface area contributed by atoms with E-state index in [4.69, 9.17) is 9.05 Å². The Morgan fingerprint density at radius 2 is 1.18 bits per heavy atom. The number of hydrogen-bond acceptors (Lipinski definition) is 7. The first kappa shape index (κ1) is 49.9. The van der Waals surface area contributed by atoms with Gasteiger partial charge in [-0.05, 0) is 44.9 Å². The molecule has 0 spiro atoms. The van der Waals surface area contributed by atoms with Gasteiger partial charge in [0.1, 0.15) is 19.3 Å². The molecule has 0 aliphatic heterocycles. The van der Waals surface area contributed by atoms with E-state index in [2.05, 4.69) is 43.5 Å². The minimum atomic E-state index is -4.66. The van der Waals surface area contributed by atoms with Gasteiger partial charge < -0.3 is 34.0 Å². The first-order chi connectivity index (χ1) is 24.4. The first-order valence-corrected chi connectivity index (χ1v) is 22.2. The molecular formula is C41H81N2O7P. The maximum atomic E-state index is 12.8. The maximum absolute atomic E-state index is 12.8. The molecular weight excluding hydrogens is 663 g/mol. The summed E-state index contributed by atoms with van der Waals surface area (Å²) in [7, 11) is 1.11. The highest BCUT2D eigenvalue weighted by Gasteiger charge is 2.29. The summed E-state index contributed by atoms with van der Waals surface area (Å²) < 4.78 is 23.1. The van der Waals surface area contributed by atoms with E-state index in [0.29, 0.717) is 23.9 Å². The van der Waals surface area contributed by atoms with Crippen LogP contribution in [0.5, 0.6) is 0 Å². The molecule has 1 amide bonds. The van der Waals surface area contributed by atoms with Crippen molar-refractivity contribution in [2.75, 3.05) is 40.9 Å². The van der Waals surface area contributed by atoms with Crippen LogP contribution < -0.4 is 10.2 Å². The van der Waals surface area contributed by atoms with Crippen LogP contribution in [0.25, 0.3) is 0 Å². The van der Waals surface area contributed by atoms with Crippen molar-refractivity contribution in [2.45, 2.75) is 193 Å². The predicted molar refractivity (Wildman–Crippen MR) is 211 cm³/mol. The number of aliphatic hydroxyl groups is 2. The number of phosphoric acid groups is 1. The molecule has 51 heavy (non-hydrogen) atoms. The van der Waals surface area contributed by atoms with Gasteiger partial charge in [0.2, 0.25) is 5.91 Å². The Balaban J connectivity index is 4.59. The molecule has 9 nitrogen and oxygen atoms in total. The Morgan fingerprint density at radius 1 is 0.706 bits per heavy atom. The number of carbonyl (C=O) groups is 1. The average molecular weight is 745 g/mol. The number of phosphoric ester groups is 1. The third-order valence-electron chi connectivity index (χ3n) is 9.28. The molecule has 0 heterocycles. The normalized spacial score (nSPS) is 15.4. The summed E-state index contributed by atoms with van der Waals surface area (Å²) in [4.78, 5) is 25.3. The van der Waals surface area contributed by atoms with E-state index >= 15 is 0 Å². The van der Waals surface area contributed by atoms with E-state index in [-0.39, 0.29) is 18.9 Å². The molecule has 0 aromatic rings. The Bertz CT molecular complexity index is 909. The Labute approximate surface area is 314 Å². The predicted octanol–water partition coefficient (Wildman–Crippen LogP) is 9.31. The maximum Gasteiger partial charge on any atom is 0.268 e. The molecule has 0 saturated heterocycles. The Hall–Kier alpha value is -1.06. The lowest BCUT2D eigenvalue weighted by molar-refractivity contribution is -0.870. The van der Waals surface area contributed by atoms with Gasteiger partial charge >= 0.3 is 0 Å². The van der Waals surface area contributed by atoms with Crippen molar-refractivity contribution in [1.82, 2.24) is 5.32 Å². The number of hydrogen-bond donors (Lipinski definition) is 3. The molecule has 3 N–H and O–H groups in total. The van der Waals surface area contributed by atoms with Gasteiger partial charge in [0.05, 0.1) is 39.9 Å². The smallest absolute Gasteiger partial charge is 0.268 e. The van der Waals surface area contributed by atoms with Crippen LogP contribution in [0.1, 0.15) is 174 Å². The van der Waals surface area contributed by atoms with E-state index in [0.717, 1.165) is 57.8 Å². The van der Waals surface area contributed by atoms with Gasteiger partial charge in [0.25, 0.3) is 7.82 Å². The first-order valence-electron chi connectivity index (χ1n) is 20.8. The summed E-state index contributed by atoms with van der Waals surface area (Å²) in [5.74, 6) is -0.294. The van der Waals surface area contributed by atoms with Crippen molar-refractivity contribution in [1.29, 1.82) is 0 Å². The van der Waals surface area contributed by atoms with E-state index in [9.17, 15) is 24.5 Å². The lowest BCUT2D eigenvalue weighted by atomic mass is 9.99. The molecule has 302 valence electrons. The fourth-order valence-corrected chi connectivity index (χ4v) is 6.59. The second kappa shape index (κ2) is 33.5. The van der Waals surface area contributed by atoms with E-state index in [1.54, 1.807) is 0 Å². The van der Waals surface area contributed by atoms with Crippen LogP contribution in [-0.4, -0.2) is 79.8 Å². The highest BCUT2D eigenvalue weighted by molar-refractivity contribution is 7.45. The van der Waals surface area contributed by atoms with Gasteiger partial charge in [-0.3, -0.25) is 9.36 Å². The van der Waals surface area contributed by atoms with Crippen molar-refractivity contribution in [3.63, 3.8) is 0 Å². The zero-order valence-electron chi connectivity index (χ0n) is 33.7. The monoisotopic (exact) mass is 745 g/mol. The van der Waals surface area contributed by atoms with E-state index in [1.165, 1.54) is 83.5 Å². The fraction of sp³-hybridized carbons (Fsp3) is 0.878. The van der Waals surface area contributed by atoms with Gasteiger partial charge in [-0.2, -0.15) is 0 Å².